The van der Waals surface area contributed by atoms with E-state index in [0.717, 1.165) is 0 Å². The van der Waals surface area contributed by atoms with Crippen LogP contribution in [0.2, 0.25) is 0 Å². The third-order valence-electron chi connectivity index (χ3n) is 4.20. The van der Waals surface area contributed by atoms with E-state index in [9.17, 15) is 13.2 Å². The lowest BCUT2D eigenvalue weighted by Crippen LogP contribution is -2.40. The number of carbonyl (C=O) groups is 1. The molecule has 0 aliphatic rings. The number of ether oxygens (including phenoxy) is 1. The molecule has 0 spiro atoms. The fourth-order valence-electron chi connectivity index (χ4n) is 2.82. The molecule has 2 aromatic carbocycles. The average Bonchev–Trinajstić information content (AvgIpc) is 2.68. The van der Waals surface area contributed by atoms with Crippen LogP contribution in [0, 0.1) is 6.92 Å². The van der Waals surface area contributed by atoms with Crippen LogP contribution in [0.5, 0.6) is 11.5 Å². The fourth-order valence-corrected chi connectivity index (χ4v) is 4.27. The Labute approximate surface area is 182 Å². The first-order chi connectivity index (χ1) is 14.5. The summed E-state index contributed by atoms with van der Waals surface area (Å²) in [6.07, 6.45) is 3.27. The number of anilines is 1. The topological polar surface area (TPSA) is 97.4 Å². The van der Waals surface area contributed by atoms with Crippen molar-refractivity contribution in [3.05, 3.63) is 78.1 Å². The summed E-state index contributed by atoms with van der Waals surface area (Å²) in [6, 6.07) is 14.9. The highest BCUT2D eigenvalue weighted by Gasteiger charge is 2.23. The molecule has 0 atom stereocenters. The van der Waals surface area contributed by atoms with Gasteiger partial charge in [0.25, 0.3) is 5.91 Å². The average molecular weight is 440 g/mol. The van der Waals surface area contributed by atoms with Gasteiger partial charge in [-0.05, 0) is 81.8 Å². The molecule has 1 amide bonds. The Hall–Kier alpha value is -3.23. The Morgan fingerprint density at radius 2 is 1.55 bits per heavy atom. The van der Waals surface area contributed by atoms with Gasteiger partial charge in [-0.1, -0.05) is 6.07 Å². The highest BCUT2D eigenvalue weighted by Crippen LogP contribution is 2.23. The van der Waals surface area contributed by atoms with Crippen LogP contribution in [0.3, 0.4) is 0 Å². The van der Waals surface area contributed by atoms with E-state index in [1.807, 2.05) is 0 Å². The molecular weight excluding hydrogens is 414 g/mol. The van der Waals surface area contributed by atoms with Crippen molar-refractivity contribution < 1.29 is 17.9 Å². The monoisotopic (exact) mass is 439 g/mol. The first kappa shape index (κ1) is 22.5. The predicted molar refractivity (Wildman–Crippen MR) is 120 cm³/mol. The number of sulfonamides is 1. The SMILES string of the molecule is Cc1ccc(S(=O)(=O)NC(C)(C)C)cc1C(=O)Nc1ccc(Oc2ccncc2)cc1. The van der Waals surface area contributed by atoms with Crippen molar-refractivity contribution in [3.63, 3.8) is 0 Å². The van der Waals surface area contributed by atoms with E-state index in [1.165, 1.54) is 12.1 Å². The van der Waals surface area contributed by atoms with Crippen LogP contribution >= 0.6 is 0 Å². The zero-order valence-corrected chi connectivity index (χ0v) is 18.7. The maximum Gasteiger partial charge on any atom is 0.255 e. The van der Waals surface area contributed by atoms with Crippen LogP contribution in [0.1, 0.15) is 36.7 Å². The van der Waals surface area contributed by atoms with Gasteiger partial charge in [-0.15, -0.1) is 0 Å². The zero-order chi connectivity index (χ0) is 22.6. The minimum absolute atomic E-state index is 0.0410. The molecular formula is C23H25N3O4S. The van der Waals surface area contributed by atoms with Crippen molar-refractivity contribution in [3.8, 4) is 11.5 Å². The molecule has 0 bridgehead atoms. The number of hydrogen-bond donors (Lipinski definition) is 2. The van der Waals surface area contributed by atoms with E-state index in [2.05, 4.69) is 15.0 Å². The molecule has 0 unspecified atom stereocenters. The number of benzene rings is 2. The molecule has 8 heteroatoms. The van der Waals surface area contributed by atoms with Crippen molar-refractivity contribution in [2.45, 2.75) is 38.1 Å². The van der Waals surface area contributed by atoms with Crippen molar-refractivity contribution >= 4 is 21.6 Å². The molecule has 0 aliphatic carbocycles. The van der Waals surface area contributed by atoms with Crippen LogP contribution in [0.15, 0.2) is 71.9 Å². The molecule has 0 radical (unpaired) electrons. The summed E-state index contributed by atoms with van der Waals surface area (Å²) in [4.78, 5) is 16.8. The van der Waals surface area contributed by atoms with Gasteiger partial charge in [-0.25, -0.2) is 13.1 Å². The molecule has 2 N–H and O–H groups in total. The second-order valence-electron chi connectivity index (χ2n) is 8.10. The van der Waals surface area contributed by atoms with E-state index in [0.29, 0.717) is 22.7 Å². The van der Waals surface area contributed by atoms with E-state index < -0.39 is 21.5 Å². The Bertz CT molecular complexity index is 1170. The summed E-state index contributed by atoms with van der Waals surface area (Å²) >= 11 is 0. The van der Waals surface area contributed by atoms with Crippen molar-refractivity contribution in [2.24, 2.45) is 0 Å². The lowest BCUT2D eigenvalue weighted by atomic mass is 10.1. The molecule has 7 nitrogen and oxygen atoms in total. The number of nitrogens with one attached hydrogen (secondary N) is 2. The van der Waals surface area contributed by atoms with Gasteiger partial charge in [0.1, 0.15) is 11.5 Å². The minimum Gasteiger partial charge on any atom is -0.457 e. The molecule has 162 valence electrons. The smallest absolute Gasteiger partial charge is 0.255 e. The molecule has 0 saturated heterocycles. The lowest BCUT2D eigenvalue weighted by Gasteiger charge is -2.20. The van der Waals surface area contributed by atoms with Crippen LogP contribution in [-0.2, 0) is 10.0 Å². The van der Waals surface area contributed by atoms with Gasteiger partial charge in [0.05, 0.1) is 4.90 Å². The largest absolute Gasteiger partial charge is 0.457 e. The number of nitrogens with zero attached hydrogens (tertiary/aromatic N) is 1. The Kier molecular flexibility index (Phi) is 6.42. The van der Waals surface area contributed by atoms with Crippen LogP contribution in [0.25, 0.3) is 0 Å². The molecule has 0 fully saturated rings. The Morgan fingerprint density at radius 1 is 0.935 bits per heavy atom. The standard InChI is InChI=1S/C23H25N3O4S/c1-16-5-10-20(31(28,29)26-23(2,3)4)15-21(16)22(27)25-17-6-8-18(9-7-17)30-19-11-13-24-14-12-19/h5-15,26H,1-4H3,(H,25,27). The van der Waals surface area contributed by atoms with E-state index >= 15 is 0 Å². The second kappa shape index (κ2) is 8.87. The highest BCUT2D eigenvalue weighted by atomic mass is 32.2. The van der Waals surface area contributed by atoms with E-state index in [-0.39, 0.29) is 10.5 Å². The summed E-state index contributed by atoms with van der Waals surface area (Å²) in [6.45, 7) is 7.03. The first-order valence-corrected chi connectivity index (χ1v) is 11.2. The van der Waals surface area contributed by atoms with Gasteiger partial charge in [0.15, 0.2) is 0 Å². The fraction of sp³-hybridized carbons (Fsp3) is 0.217. The van der Waals surface area contributed by atoms with Gasteiger partial charge in [-0.2, -0.15) is 0 Å². The van der Waals surface area contributed by atoms with Crippen molar-refractivity contribution in [1.29, 1.82) is 0 Å². The maximum atomic E-state index is 12.8. The number of rotatable bonds is 6. The summed E-state index contributed by atoms with van der Waals surface area (Å²) < 4.78 is 33.5. The molecule has 1 heterocycles. The summed E-state index contributed by atoms with van der Waals surface area (Å²) in [5.41, 5.74) is 0.887. The maximum absolute atomic E-state index is 12.8. The number of carbonyl (C=O) groups excluding carboxylic acids is 1. The second-order valence-corrected chi connectivity index (χ2v) is 9.78. The summed E-state index contributed by atoms with van der Waals surface area (Å²) in [5, 5.41) is 2.80. The minimum atomic E-state index is -3.75. The highest BCUT2D eigenvalue weighted by molar-refractivity contribution is 7.89. The quantitative estimate of drug-likeness (QED) is 0.589. The van der Waals surface area contributed by atoms with Gasteiger partial charge in [0.2, 0.25) is 10.0 Å². The van der Waals surface area contributed by atoms with E-state index in [4.69, 9.17) is 4.74 Å². The van der Waals surface area contributed by atoms with Gasteiger partial charge < -0.3 is 10.1 Å². The normalized spacial score (nSPS) is 11.7. The molecule has 3 rings (SSSR count). The number of aromatic nitrogens is 1. The molecule has 1 aromatic heterocycles. The van der Waals surface area contributed by atoms with Crippen LogP contribution < -0.4 is 14.8 Å². The van der Waals surface area contributed by atoms with Gasteiger partial charge >= 0.3 is 0 Å². The number of aryl methyl sites for hydroxylation is 1. The summed E-state index contributed by atoms with van der Waals surface area (Å²) in [7, 11) is -3.75. The van der Waals surface area contributed by atoms with Crippen molar-refractivity contribution in [1.82, 2.24) is 9.71 Å². The third-order valence-corrected chi connectivity index (χ3v) is 5.96. The van der Waals surface area contributed by atoms with Crippen LogP contribution in [0.4, 0.5) is 5.69 Å². The van der Waals surface area contributed by atoms with Crippen LogP contribution in [-0.4, -0.2) is 24.8 Å². The van der Waals surface area contributed by atoms with Crippen molar-refractivity contribution in [2.75, 3.05) is 5.32 Å². The number of pyridine rings is 1. The summed E-state index contributed by atoms with van der Waals surface area (Å²) in [5.74, 6) is 0.874. The zero-order valence-electron chi connectivity index (χ0n) is 17.8. The first-order valence-electron chi connectivity index (χ1n) is 9.67. The van der Waals surface area contributed by atoms with E-state index in [1.54, 1.807) is 82.6 Å². The Morgan fingerprint density at radius 3 is 2.16 bits per heavy atom. The molecule has 31 heavy (non-hydrogen) atoms. The predicted octanol–water partition coefficient (Wildman–Crippen LogP) is 4.51. The molecule has 0 aliphatic heterocycles. The number of hydrogen-bond acceptors (Lipinski definition) is 5. The lowest BCUT2D eigenvalue weighted by molar-refractivity contribution is 0.102. The number of amides is 1. The van der Waals surface area contributed by atoms with Gasteiger partial charge in [0, 0.05) is 29.2 Å². The molecule has 0 saturated carbocycles. The Balaban J connectivity index is 1.76. The molecule has 3 aromatic rings. The van der Waals surface area contributed by atoms with Gasteiger partial charge in [-0.3, -0.25) is 9.78 Å². The third kappa shape index (κ3) is 6.13.